The van der Waals surface area contributed by atoms with Crippen LogP contribution in [0.3, 0.4) is 0 Å². The lowest BCUT2D eigenvalue weighted by Gasteiger charge is -2.12. The zero-order chi connectivity index (χ0) is 18.1. The maximum Gasteiger partial charge on any atom is 0.261 e. The summed E-state index contributed by atoms with van der Waals surface area (Å²) in [4.78, 5) is 17.6. The maximum absolute atomic E-state index is 12.9. The fourth-order valence-electron chi connectivity index (χ4n) is 3.29. The van der Waals surface area contributed by atoms with E-state index in [1.807, 2.05) is 22.8 Å². The van der Waals surface area contributed by atoms with Crippen LogP contribution in [0, 0.1) is 0 Å². The molecule has 4 rings (SSSR count). The van der Waals surface area contributed by atoms with Crippen LogP contribution in [0.2, 0.25) is 10.0 Å². The lowest BCUT2D eigenvalue weighted by atomic mass is 10.2. The quantitative estimate of drug-likeness (QED) is 0.633. The minimum Gasteiger partial charge on any atom is -0.489 e. The van der Waals surface area contributed by atoms with Crippen molar-refractivity contribution in [1.82, 2.24) is 9.55 Å². The molecule has 1 aliphatic heterocycles. The molecule has 1 aliphatic rings. The zero-order valence-corrected chi connectivity index (χ0v) is 15.7. The van der Waals surface area contributed by atoms with Crippen molar-refractivity contribution < 1.29 is 4.74 Å². The number of halogens is 2. The van der Waals surface area contributed by atoms with Gasteiger partial charge in [0.1, 0.15) is 18.2 Å². The fraction of sp³-hybridized carbons (Fsp3) is 0.300. The summed E-state index contributed by atoms with van der Waals surface area (Å²) in [7, 11) is 0. The van der Waals surface area contributed by atoms with E-state index in [0.717, 1.165) is 49.1 Å². The highest BCUT2D eigenvalue weighted by Gasteiger charge is 2.14. The number of ether oxygens (including phenoxy) is 1. The summed E-state index contributed by atoms with van der Waals surface area (Å²) in [6.45, 7) is 1.05. The van der Waals surface area contributed by atoms with Crippen LogP contribution in [-0.4, -0.2) is 9.55 Å². The van der Waals surface area contributed by atoms with E-state index in [4.69, 9.17) is 32.9 Å². The van der Waals surface area contributed by atoms with Gasteiger partial charge in [-0.25, -0.2) is 4.98 Å². The van der Waals surface area contributed by atoms with Crippen molar-refractivity contribution in [2.75, 3.05) is 0 Å². The summed E-state index contributed by atoms with van der Waals surface area (Å²) in [6.07, 6.45) is 4.10. The molecule has 0 radical (unpaired) electrons. The van der Waals surface area contributed by atoms with Gasteiger partial charge in [-0.2, -0.15) is 0 Å². The Bertz CT molecular complexity index is 1030. The van der Waals surface area contributed by atoms with E-state index in [0.29, 0.717) is 27.8 Å². The molecule has 0 saturated carbocycles. The minimum atomic E-state index is 0.0156. The number of fused-ring (bicyclic) bond motifs is 2. The lowest BCUT2D eigenvalue weighted by molar-refractivity contribution is 0.306. The van der Waals surface area contributed by atoms with Crippen LogP contribution < -0.4 is 10.3 Å². The molecule has 134 valence electrons. The average Bonchev–Trinajstić information content (AvgIpc) is 2.87. The first-order valence-electron chi connectivity index (χ1n) is 8.72. The lowest BCUT2D eigenvalue weighted by Crippen LogP contribution is -2.24. The summed E-state index contributed by atoms with van der Waals surface area (Å²) < 4.78 is 7.66. The summed E-state index contributed by atoms with van der Waals surface area (Å²) in [5.74, 6) is 1.51. The van der Waals surface area contributed by atoms with Gasteiger partial charge in [0.05, 0.1) is 10.9 Å². The van der Waals surface area contributed by atoms with Crippen LogP contribution in [-0.2, 0) is 19.6 Å². The smallest absolute Gasteiger partial charge is 0.261 e. The molecular weight excluding hydrogens is 371 g/mol. The van der Waals surface area contributed by atoms with Gasteiger partial charge in [0.15, 0.2) is 0 Å². The Labute approximate surface area is 161 Å². The molecule has 0 saturated heterocycles. The van der Waals surface area contributed by atoms with Gasteiger partial charge in [0, 0.05) is 28.6 Å². The molecule has 1 aromatic heterocycles. The molecule has 2 aromatic carbocycles. The molecule has 0 bridgehead atoms. The molecule has 6 heteroatoms. The summed E-state index contributed by atoms with van der Waals surface area (Å²) >= 11 is 12.1. The van der Waals surface area contributed by atoms with Crippen molar-refractivity contribution in [2.45, 2.75) is 38.8 Å². The van der Waals surface area contributed by atoms with Crippen molar-refractivity contribution in [2.24, 2.45) is 0 Å². The Hall–Kier alpha value is -2.04. The number of hydrogen-bond acceptors (Lipinski definition) is 3. The van der Waals surface area contributed by atoms with E-state index in [-0.39, 0.29) is 5.56 Å². The van der Waals surface area contributed by atoms with E-state index < -0.39 is 0 Å². The van der Waals surface area contributed by atoms with Crippen LogP contribution in [0.5, 0.6) is 5.75 Å². The number of rotatable bonds is 3. The van der Waals surface area contributed by atoms with Gasteiger partial charge in [-0.1, -0.05) is 35.7 Å². The van der Waals surface area contributed by atoms with Crippen LogP contribution in [0.15, 0.2) is 41.2 Å². The average molecular weight is 389 g/mol. The van der Waals surface area contributed by atoms with Gasteiger partial charge < -0.3 is 4.74 Å². The van der Waals surface area contributed by atoms with Crippen molar-refractivity contribution in [1.29, 1.82) is 0 Å². The molecule has 4 nitrogen and oxygen atoms in total. The van der Waals surface area contributed by atoms with Gasteiger partial charge in [-0.3, -0.25) is 9.36 Å². The zero-order valence-electron chi connectivity index (χ0n) is 14.2. The van der Waals surface area contributed by atoms with Gasteiger partial charge in [-0.05, 0) is 43.2 Å². The Kier molecular flexibility index (Phi) is 4.88. The second-order valence-corrected chi connectivity index (χ2v) is 7.34. The van der Waals surface area contributed by atoms with Crippen LogP contribution in [0.1, 0.15) is 30.7 Å². The SMILES string of the molecule is O=c1c2cc(OCc3ccc(Cl)cc3Cl)ccc2nc2n1CCCCC2. The maximum atomic E-state index is 12.9. The standard InChI is InChI=1S/C20H18Cl2N2O2/c21-14-6-5-13(17(22)10-14)12-26-15-7-8-18-16(11-15)20(25)24-9-3-1-2-4-19(24)23-18/h5-8,10-11H,1-4,9,12H2. The first-order chi connectivity index (χ1) is 12.6. The highest BCUT2D eigenvalue weighted by molar-refractivity contribution is 6.35. The Morgan fingerprint density at radius 3 is 2.81 bits per heavy atom. The predicted molar refractivity (Wildman–Crippen MR) is 104 cm³/mol. The highest BCUT2D eigenvalue weighted by atomic mass is 35.5. The number of aromatic nitrogens is 2. The monoisotopic (exact) mass is 388 g/mol. The van der Waals surface area contributed by atoms with E-state index in [1.165, 1.54) is 0 Å². The minimum absolute atomic E-state index is 0.0156. The van der Waals surface area contributed by atoms with Crippen molar-refractivity contribution >= 4 is 34.1 Å². The molecule has 0 amide bonds. The molecule has 0 atom stereocenters. The number of benzene rings is 2. The van der Waals surface area contributed by atoms with E-state index in [2.05, 4.69) is 0 Å². The Morgan fingerprint density at radius 2 is 1.96 bits per heavy atom. The van der Waals surface area contributed by atoms with Gasteiger partial charge in [-0.15, -0.1) is 0 Å². The van der Waals surface area contributed by atoms with E-state index in [1.54, 1.807) is 18.2 Å². The summed E-state index contributed by atoms with van der Waals surface area (Å²) in [5.41, 5.74) is 1.58. The first-order valence-corrected chi connectivity index (χ1v) is 9.47. The number of aryl methyl sites for hydroxylation is 1. The fourth-order valence-corrected chi connectivity index (χ4v) is 3.75. The largest absolute Gasteiger partial charge is 0.489 e. The molecule has 0 unspecified atom stereocenters. The Balaban J connectivity index is 1.65. The Morgan fingerprint density at radius 1 is 1.08 bits per heavy atom. The van der Waals surface area contributed by atoms with Crippen LogP contribution in [0.4, 0.5) is 0 Å². The molecule has 26 heavy (non-hydrogen) atoms. The first kappa shape index (κ1) is 17.4. The number of nitrogens with zero attached hydrogens (tertiary/aromatic N) is 2. The second-order valence-electron chi connectivity index (χ2n) is 6.50. The van der Waals surface area contributed by atoms with E-state index in [9.17, 15) is 4.79 Å². The third kappa shape index (κ3) is 3.44. The third-order valence-electron chi connectivity index (χ3n) is 4.70. The molecule has 0 spiro atoms. The molecule has 0 aliphatic carbocycles. The topological polar surface area (TPSA) is 44.1 Å². The molecule has 0 fully saturated rings. The summed E-state index contributed by atoms with van der Waals surface area (Å²) in [6, 6.07) is 10.8. The molecule has 3 aromatic rings. The van der Waals surface area contributed by atoms with Crippen molar-refractivity contribution in [3.05, 3.63) is 68.2 Å². The van der Waals surface area contributed by atoms with Crippen molar-refractivity contribution in [3.8, 4) is 5.75 Å². The third-order valence-corrected chi connectivity index (χ3v) is 5.28. The summed E-state index contributed by atoms with van der Waals surface area (Å²) in [5, 5.41) is 1.74. The van der Waals surface area contributed by atoms with Gasteiger partial charge >= 0.3 is 0 Å². The normalized spacial score (nSPS) is 14.1. The second kappa shape index (κ2) is 7.29. The van der Waals surface area contributed by atoms with Gasteiger partial charge in [0.2, 0.25) is 0 Å². The molecular formula is C20H18Cl2N2O2. The predicted octanol–water partition coefficient (Wildman–Crippen LogP) is 5.01. The number of hydrogen-bond donors (Lipinski definition) is 0. The highest BCUT2D eigenvalue weighted by Crippen LogP contribution is 2.24. The van der Waals surface area contributed by atoms with Crippen molar-refractivity contribution in [3.63, 3.8) is 0 Å². The molecule has 2 heterocycles. The van der Waals surface area contributed by atoms with E-state index >= 15 is 0 Å². The molecule has 0 N–H and O–H groups in total. The van der Waals surface area contributed by atoms with Crippen LogP contribution >= 0.6 is 23.2 Å². The van der Waals surface area contributed by atoms with Crippen LogP contribution in [0.25, 0.3) is 10.9 Å². The van der Waals surface area contributed by atoms with Gasteiger partial charge in [0.25, 0.3) is 5.56 Å².